The molecule has 1 aromatic heterocycles. The molecular formula is C40H60O7S. The van der Waals surface area contributed by atoms with Crippen LogP contribution < -0.4 is 9.47 Å². The van der Waals surface area contributed by atoms with Crippen molar-refractivity contribution in [2.75, 3.05) is 40.1 Å². The van der Waals surface area contributed by atoms with Gasteiger partial charge in [0.1, 0.15) is 17.6 Å². The Hall–Kier alpha value is -2.20. The fourth-order valence-corrected chi connectivity index (χ4v) is 7.44. The number of rotatable bonds is 21. The highest BCUT2D eigenvalue weighted by atomic mass is 32.1. The van der Waals surface area contributed by atoms with Crippen molar-refractivity contribution in [3.05, 3.63) is 58.5 Å². The van der Waals surface area contributed by atoms with E-state index in [9.17, 15) is 5.11 Å². The topological polar surface area (TPSA) is 75.6 Å². The highest BCUT2D eigenvalue weighted by Gasteiger charge is 2.54. The Morgan fingerprint density at radius 2 is 1.52 bits per heavy atom. The molecule has 4 atom stereocenters. The van der Waals surface area contributed by atoms with Gasteiger partial charge in [0.2, 0.25) is 5.79 Å². The second-order valence-corrected chi connectivity index (χ2v) is 14.6. The van der Waals surface area contributed by atoms with Gasteiger partial charge in [-0.05, 0) is 49.3 Å². The Kier molecular flexibility index (Phi) is 15.0. The van der Waals surface area contributed by atoms with E-state index in [2.05, 4.69) is 71.9 Å². The summed E-state index contributed by atoms with van der Waals surface area (Å²) in [7, 11) is 1.69. The minimum atomic E-state index is -1.86. The molecule has 0 radical (unpaired) electrons. The number of benzene rings is 2. The van der Waals surface area contributed by atoms with E-state index in [0.717, 1.165) is 56.9 Å². The molecule has 0 aliphatic carbocycles. The van der Waals surface area contributed by atoms with Gasteiger partial charge in [-0.3, -0.25) is 0 Å². The molecule has 2 heterocycles. The largest absolute Gasteiger partial charge is 0.496 e. The number of unbranched alkanes of at least 4 members (excludes halogenated alkanes) is 4. The predicted molar refractivity (Wildman–Crippen MR) is 196 cm³/mol. The van der Waals surface area contributed by atoms with Gasteiger partial charge in [0.25, 0.3) is 0 Å². The van der Waals surface area contributed by atoms with E-state index < -0.39 is 29.5 Å². The standard InChI is InChI=1S/C40H60O7S/c1-8-12-20-43-28-30-25-35(45-22-14-10-3)38(46-23-15-11-4)40(41,47-30)32-26-31(33(42-7)27-34(32)44-21-13-9-2)39(5,6)37-24-29-18-16-17-19-36(29)48-37/h16-19,24,26-27,30,35,38,41H,8-15,20-23,25,28H2,1-7H3/t30-,35-,38+,40?/m0/s1. The molecule has 0 amide bonds. The molecule has 3 aromatic rings. The molecular weight excluding hydrogens is 625 g/mol. The van der Waals surface area contributed by atoms with Gasteiger partial charge < -0.3 is 33.5 Å². The van der Waals surface area contributed by atoms with Gasteiger partial charge in [-0.15, -0.1) is 11.3 Å². The molecule has 1 saturated heterocycles. The van der Waals surface area contributed by atoms with Crippen molar-refractivity contribution >= 4 is 21.4 Å². The summed E-state index contributed by atoms with van der Waals surface area (Å²) in [5.41, 5.74) is 1.01. The van der Waals surface area contributed by atoms with Gasteiger partial charge in [0.15, 0.2) is 0 Å². The van der Waals surface area contributed by atoms with E-state index in [-0.39, 0.29) is 0 Å². The number of methoxy groups -OCH3 is 1. The second-order valence-electron chi connectivity index (χ2n) is 13.5. The molecule has 7 nitrogen and oxygen atoms in total. The van der Waals surface area contributed by atoms with Crippen LogP contribution in [0.4, 0.5) is 0 Å². The molecule has 1 unspecified atom stereocenters. The Labute approximate surface area is 293 Å². The molecule has 48 heavy (non-hydrogen) atoms. The fourth-order valence-electron chi connectivity index (χ4n) is 6.26. The molecule has 2 aromatic carbocycles. The molecule has 1 aliphatic rings. The molecule has 0 spiro atoms. The highest BCUT2D eigenvalue weighted by Crippen LogP contribution is 2.49. The first-order valence-electron chi connectivity index (χ1n) is 18.3. The van der Waals surface area contributed by atoms with E-state index in [0.29, 0.717) is 56.5 Å². The van der Waals surface area contributed by atoms with Crippen LogP contribution in [0.3, 0.4) is 0 Å². The first-order valence-corrected chi connectivity index (χ1v) is 19.1. The first kappa shape index (κ1) is 38.6. The second kappa shape index (κ2) is 18.7. The maximum atomic E-state index is 13.1. The van der Waals surface area contributed by atoms with Crippen molar-refractivity contribution in [3.8, 4) is 11.5 Å². The molecule has 0 bridgehead atoms. The van der Waals surface area contributed by atoms with Gasteiger partial charge in [-0.2, -0.15) is 0 Å². The quantitative estimate of drug-likeness (QED) is 0.112. The summed E-state index contributed by atoms with van der Waals surface area (Å²) in [5.74, 6) is -0.631. The summed E-state index contributed by atoms with van der Waals surface area (Å²) >= 11 is 1.78. The van der Waals surface area contributed by atoms with Crippen molar-refractivity contribution < 1.29 is 33.5 Å². The summed E-state index contributed by atoms with van der Waals surface area (Å²) in [6.07, 6.45) is 6.68. The zero-order valence-electron chi connectivity index (χ0n) is 30.5. The summed E-state index contributed by atoms with van der Waals surface area (Å²) in [4.78, 5) is 1.20. The van der Waals surface area contributed by atoms with Crippen LogP contribution in [-0.2, 0) is 30.1 Å². The molecule has 1 fully saturated rings. The van der Waals surface area contributed by atoms with Gasteiger partial charge >= 0.3 is 0 Å². The van der Waals surface area contributed by atoms with Gasteiger partial charge in [-0.1, -0.05) is 85.4 Å². The van der Waals surface area contributed by atoms with Crippen LogP contribution in [0.2, 0.25) is 0 Å². The van der Waals surface area contributed by atoms with Crippen LogP contribution in [0.5, 0.6) is 11.5 Å². The lowest BCUT2D eigenvalue weighted by Crippen LogP contribution is -2.59. The molecule has 0 saturated carbocycles. The Bertz CT molecular complexity index is 1350. The van der Waals surface area contributed by atoms with Gasteiger partial charge in [0, 0.05) is 52.9 Å². The minimum Gasteiger partial charge on any atom is -0.496 e. The van der Waals surface area contributed by atoms with Crippen LogP contribution in [0.15, 0.2) is 42.5 Å². The number of ether oxygens (including phenoxy) is 6. The monoisotopic (exact) mass is 684 g/mol. The molecule has 1 aliphatic heterocycles. The number of hydrogen-bond donors (Lipinski definition) is 1. The number of fused-ring (bicyclic) bond motifs is 1. The van der Waals surface area contributed by atoms with Crippen LogP contribution in [-0.4, -0.2) is 63.6 Å². The van der Waals surface area contributed by atoms with E-state index in [1.807, 2.05) is 12.1 Å². The minimum absolute atomic E-state index is 0.361. The van der Waals surface area contributed by atoms with E-state index in [1.54, 1.807) is 18.4 Å². The number of thiophene rings is 1. The van der Waals surface area contributed by atoms with Gasteiger partial charge in [0.05, 0.1) is 38.1 Å². The van der Waals surface area contributed by atoms with Crippen LogP contribution in [0.25, 0.3) is 10.1 Å². The van der Waals surface area contributed by atoms with Crippen molar-refractivity contribution in [2.45, 2.75) is 129 Å². The van der Waals surface area contributed by atoms with Crippen molar-refractivity contribution in [3.63, 3.8) is 0 Å². The SMILES string of the molecule is CCCCOC[C@@H]1C[C@H](OCCCC)[C@@H](OCCCC)C(O)(c2cc(C(C)(C)c3cc4ccccc4s3)c(OC)cc2OCCCC)O1. The molecule has 1 N–H and O–H groups in total. The third-order valence-electron chi connectivity index (χ3n) is 9.29. The first-order chi connectivity index (χ1) is 23.2. The third kappa shape index (κ3) is 9.32. The highest BCUT2D eigenvalue weighted by molar-refractivity contribution is 7.19. The summed E-state index contributed by atoms with van der Waals surface area (Å²) in [6, 6.07) is 14.7. The average molecular weight is 685 g/mol. The van der Waals surface area contributed by atoms with E-state index in [1.165, 1.54) is 15.0 Å². The average Bonchev–Trinajstić information content (AvgIpc) is 3.53. The number of hydrogen-bond acceptors (Lipinski definition) is 8. The normalized spacial score (nSPS) is 21.5. The van der Waals surface area contributed by atoms with Crippen molar-refractivity contribution in [2.24, 2.45) is 0 Å². The summed E-state index contributed by atoms with van der Waals surface area (Å²) < 4.78 is 39.7. The van der Waals surface area contributed by atoms with Gasteiger partial charge in [-0.25, -0.2) is 0 Å². The Morgan fingerprint density at radius 3 is 2.21 bits per heavy atom. The maximum absolute atomic E-state index is 13.1. The number of aliphatic hydroxyl groups is 1. The zero-order valence-corrected chi connectivity index (χ0v) is 31.3. The smallest absolute Gasteiger partial charge is 0.226 e. The predicted octanol–water partition coefficient (Wildman–Crippen LogP) is 9.54. The molecule has 268 valence electrons. The van der Waals surface area contributed by atoms with Crippen molar-refractivity contribution in [1.82, 2.24) is 0 Å². The van der Waals surface area contributed by atoms with Crippen LogP contribution >= 0.6 is 11.3 Å². The third-order valence-corrected chi connectivity index (χ3v) is 10.7. The molecule has 4 rings (SSSR count). The Morgan fingerprint density at radius 1 is 0.854 bits per heavy atom. The van der Waals surface area contributed by atoms with Crippen LogP contribution in [0, 0.1) is 0 Å². The lowest BCUT2D eigenvalue weighted by Gasteiger charge is -2.47. The van der Waals surface area contributed by atoms with E-state index in [4.69, 9.17) is 28.4 Å². The molecule has 8 heteroatoms. The maximum Gasteiger partial charge on any atom is 0.226 e. The fraction of sp³-hybridized carbons (Fsp3) is 0.650. The van der Waals surface area contributed by atoms with Crippen LogP contribution in [0.1, 0.15) is 115 Å². The lowest BCUT2D eigenvalue weighted by molar-refractivity contribution is -0.348. The summed E-state index contributed by atoms with van der Waals surface area (Å²) in [5, 5.41) is 14.3. The zero-order chi connectivity index (χ0) is 34.6. The summed E-state index contributed by atoms with van der Waals surface area (Å²) in [6.45, 7) is 15.6. The van der Waals surface area contributed by atoms with Crippen molar-refractivity contribution in [1.29, 1.82) is 0 Å². The lowest BCUT2D eigenvalue weighted by atomic mass is 9.79. The van der Waals surface area contributed by atoms with E-state index >= 15 is 0 Å². The Balaban J connectivity index is 1.87.